The second-order valence-electron chi connectivity index (χ2n) is 14.5. The predicted octanol–water partition coefficient (Wildman–Crippen LogP) is 7.09. The number of allylic oxidation sites excluding steroid dienone is 1. The van der Waals surface area contributed by atoms with Gasteiger partial charge in [0.1, 0.15) is 0 Å². The van der Waals surface area contributed by atoms with E-state index < -0.39 is 11.4 Å². The van der Waals surface area contributed by atoms with E-state index in [4.69, 9.17) is 0 Å². The second-order valence-corrected chi connectivity index (χ2v) is 14.5. The van der Waals surface area contributed by atoms with Crippen LogP contribution in [0.25, 0.3) is 0 Å². The van der Waals surface area contributed by atoms with E-state index in [0.29, 0.717) is 23.7 Å². The Morgan fingerprint density at radius 1 is 0.824 bits per heavy atom. The molecule has 0 aromatic carbocycles. The molecule has 3 nitrogen and oxygen atoms in total. The summed E-state index contributed by atoms with van der Waals surface area (Å²) in [6, 6.07) is 0. The van der Waals surface area contributed by atoms with Gasteiger partial charge in [0.15, 0.2) is 0 Å². The van der Waals surface area contributed by atoms with Gasteiger partial charge >= 0.3 is 5.97 Å². The van der Waals surface area contributed by atoms with Crippen LogP contribution in [-0.2, 0) is 23.4 Å². The van der Waals surface area contributed by atoms with Crippen molar-refractivity contribution >= 4 is 5.97 Å². The fraction of sp³-hybridized carbons (Fsp3) is 0.900. The van der Waals surface area contributed by atoms with Gasteiger partial charge in [-0.1, -0.05) is 46.8 Å². The van der Waals surface area contributed by atoms with Crippen LogP contribution < -0.4 is 0 Å². The molecule has 0 aliphatic heterocycles. The van der Waals surface area contributed by atoms with Gasteiger partial charge < -0.3 is 10.2 Å². The fourth-order valence-electron chi connectivity index (χ4n) is 11.5. The van der Waals surface area contributed by atoms with Crippen LogP contribution in [0.3, 0.4) is 0 Å². The van der Waals surface area contributed by atoms with Gasteiger partial charge in [-0.3, -0.25) is 4.79 Å². The first-order chi connectivity index (χ1) is 15.3. The monoisotopic (exact) mass is 507 g/mol. The van der Waals surface area contributed by atoms with Crippen molar-refractivity contribution in [1.29, 1.82) is 0 Å². The van der Waals surface area contributed by atoms with E-state index in [2.05, 4.69) is 48.1 Å². The molecule has 1 radical (unpaired) electrons. The van der Waals surface area contributed by atoms with E-state index in [1.807, 2.05) is 0 Å². The Balaban J connectivity index is 0.00000274. The number of aliphatic carboxylic acids is 1. The molecule has 10 atom stereocenters. The summed E-state index contributed by atoms with van der Waals surface area (Å²) in [7, 11) is 0. The zero-order valence-electron chi connectivity index (χ0n) is 22.5. The molecule has 5 rings (SSSR count). The zero-order valence-corrected chi connectivity index (χ0v) is 23.9. The van der Waals surface area contributed by atoms with Crippen LogP contribution in [0.15, 0.2) is 12.2 Å². The number of aliphatic hydroxyl groups is 1. The maximum absolute atomic E-state index is 12.8. The Labute approximate surface area is 219 Å². The maximum atomic E-state index is 12.8. The molecule has 5 saturated carbocycles. The van der Waals surface area contributed by atoms with E-state index in [-0.39, 0.29) is 52.2 Å². The van der Waals surface area contributed by atoms with Crippen molar-refractivity contribution in [2.24, 2.45) is 56.7 Å². The Morgan fingerprint density at radius 3 is 2.12 bits per heavy atom. The standard InChI is InChI=1S/C30H48O3.V/c1-18(2)19-10-15-30(25(32)33)17-16-28(6)20(24(19)30)8-9-22-27(5)13-12-23(31)26(3,4)21(27)11-14-29(22,28)7;/h19-24,31H,1,8-17H2,2-7H3,(H,32,33);/t19?,20?,21?,22?,23-,24?,27-,28+,29+,30?;/m0./s1. The summed E-state index contributed by atoms with van der Waals surface area (Å²) in [6.45, 7) is 18.8. The first-order valence-corrected chi connectivity index (χ1v) is 13.8. The minimum absolute atomic E-state index is 0. The summed E-state index contributed by atoms with van der Waals surface area (Å²) in [6.07, 6.45) is 10.5. The summed E-state index contributed by atoms with van der Waals surface area (Å²) in [5.74, 6) is 1.79. The van der Waals surface area contributed by atoms with E-state index in [1.54, 1.807) is 0 Å². The largest absolute Gasteiger partial charge is 0.481 e. The molecule has 5 aliphatic rings. The molecule has 0 heterocycles. The quantitative estimate of drug-likeness (QED) is 0.393. The maximum Gasteiger partial charge on any atom is 0.309 e. The first kappa shape index (κ1) is 26.8. The van der Waals surface area contributed by atoms with E-state index >= 15 is 0 Å². The first-order valence-electron chi connectivity index (χ1n) is 13.8. The number of carboxylic acid groups (broad SMARTS) is 1. The van der Waals surface area contributed by atoms with Gasteiger partial charge in [-0.05, 0) is 122 Å². The zero-order chi connectivity index (χ0) is 24.2. The van der Waals surface area contributed by atoms with Crippen molar-refractivity contribution in [2.75, 3.05) is 0 Å². The molecule has 5 fully saturated rings. The third-order valence-electron chi connectivity index (χ3n) is 13.5. The van der Waals surface area contributed by atoms with E-state index in [0.717, 1.165) is 38.5 Å². The summed E-state index contributed by atoms with van der Waals surface area (Å²) < 4.78 is 0. The SMILES string of the molecule is C=C(C)C1CCC2(C(=O)O)CC[C@]3(C)C(CCC4[C@@]5(C)CC[C@H](O)C(C)(C)C5CC[C@]43C)C12.[V]. The van der Waals surface area contributed by atoms with Crippen molar-refractivity contribution in [3.63, 3.8) is 0 Å². The summed E-state index contributed by atoms with van der Waals surface area (Å²) in [4.78, 5) is 12.8. The van der Waals surface area contributed by atoms with Crippen molar-refractivity contribution in [1.82, 2.24) is 0 Å². The van der Waals surface area contributed by atoms with Crippen LogP contribution in [0.4, 0.5) is 0 Å². The Morgan fingerprint density at radius 2 is 1.50 bits per heavy atom. The number of fused-ring (bicyclic) bond motifs is 7. The summed E-state index contributed by atoms with van der Waals surface area (Å²) in [5.41, 5.74) is 1.35. The van der Waals surface area contributed by atoms with Gasteiger partial charge in [0.25, 0.3) is 0 Å². The van der Waals surface area contributed by atoms with E-state index in [1.165, 1.54) is 31.3 Å². The Kier molecular flexibility index (Phi) is 6.41. The number of carboxylic acids is 1. The normalized spacial score (nSPS) is 53.4. The third kappa shape index (κ3) is 3.08. The molecule has 5 aliphatic carbocycles. The van der Waals surface area contributed by atoms with Crippen molar-refractivity contribution < 1.29 is 33.6 Å². The van der Waals surface area contributed by atoms with Crippen LogP contribution in [0.1, 0.15) is 106 Å². The summed E-state index contributed by atoms with van der Waals surface area (Å²) in [5, 5.41) is 21.4. The number of hydrogen-bond acceptors (Lipinski definition) is 2. The predicted molar refractivity (Wildman–Crippen MR) is 133 cm³/mol. The topological polar surface area (TPSA) is 57.5 Å². The van der Waals surface area contributed by atoms with E-state index in [9.17, 15) is 15.0 Å². The van der Waals surface area contributed by atoms with Crippen molar-refractivity contribution in [3.8, 4) is 0 Å². The molecular formula is C30H48O3V. The number of carbonyl (C=O) groups is 1. The van der Waals surface area contributed by atoms with Crippen LogP contribution in [-0.4, -0.2) is 22.3 Å². The van der Waals surface area contributed by atoms with Gasteiger partial charge in [0.2, 0.25) is 0 Å². The molecule has 34 heavy (non-hydrogen) atoms. The van der Waals surface area contributed by atoms with Crippen molar-refractivity contribution in [3.05, 3.63) is 12.2 Å². The Bertz CT molecular complexity index is 867. The number of hydrogen-bond donors (Lipinski definition) is 2. The van der Waals surface area contributed by atoms with Crippen LogP contribution in [0.2, 0.25) is 0 Å². The molecular weight excluding hydrogens is 459 g/mol. The minimum atomic E-state index is -0.538. The number of rotatable bonds is 2. The fourth-order valence-corrected chi connectivity index (χ4v) is 11.5. The molecule has 0 spiro atoms. The second kappa shape index (κ2) is 8.13. The van der Waals surface area contributed by atoms with Crippen LogP contribution in [0.5, 0.6) is 0 Å². The average Bonchev–Trinajstić information content (AvgIpc) is 3.13. The average molecular weight is 508 g/mol. The molecule has 2 N–H and O–H groups in total. The molecule has 0 amide bonds. The number of aliphatic hydroxyl groups excluding tert-OH is 1. The smallest absolute Gasteiger partial charge is 0.309 e. The molecule has 0 aromatic rings. The van der Waals surface area contributed by atoms with Crippen LogP contribution >= 0.6 is 0 Å². The molecule has 0 aromatic heterocycles. The van der Waals surface area contributed by atoms with Crippen molar-refractivity contribution in [2.45, 2.75) is 112 Å². The minimum Gasteiger partial charge on any atom is -0.481 e. The van der Waals surface area contributed by atoms with Gasteiger partial charge in [0.05, 0.1) is 11.5 Å². The molecule has 4 heteroatoms. The third-order valence-corrected chi connectivity index (χ3v) is 13.5. The molecule has 191 valence electrons. The van der Waals surface area contributed by atoms with Crippen LogP contribution in [0, 0.1) is 56.7 Å². The van der Waals surface area contributed by atoms with Gasteiger partial charge in [-0.25, -0.2) is 0 Å². The summed E-state index contributed by atoms with van der Waals surface area (Å²) >= 11 is 0. The Hall–Kier alpha value is -0.246. The molecule has 6 unspecified atom stereocenters. The molecule has 0 saturated heterocycles. The van der Waals surface area contributed by atoms with Gasteiger partial charge in [-0.2, -0.15) is 0 Å². The molecule has 0 bridgehead atoms. The van der Waals surface area contributed by atoms with Gasteiger partial charge in [-0.15, -0.1) is 0 Å². The van der Waals surface area contributed by atoms with Gasteiger partial charge in [0, 0.05) is 18.6 Å².